The van der Waals surface area contributed by atoms with Crippen molar-refractivity contribution < 1.29 is 18.9 Å². The molecule has 4 heteroatoms. The molecule has 0 aromatic heterocycles. The quantitative estimate of drug-likeness (QED) is 0.106. The molecule has 194 valence electrons. The van der Waals surface area contributed by atoms with Crippen LogP contribution in [0.1, 0.15) is 129 Å². The van der Waals surface area contributed by atoms with Gasteiger partial charge in [0.05, 0.1) is 39.6 Å². The maximum Gasteiger partial charge on any atom is 0.0701 e. The first-order valence-corrected chi connectivity index (χ1v) is 14.2. The third-order valence-electron chi connectivity index (χ3n) is 5.90. The minimum absolute atomic E-state index is 0.638. The van der Waals surface area contributed by atoms with Gasteiger partial charge in [0, 0.05) is 13.2 Å². The first-order chi connectivity index (χ1) is 15.9. The molecule has 4 nitrogen and oxygen atoms in total. The van der Waals surface area contributed by atoms with Gasteiger partial charge in [-0.2, -0.15) is 0 Å². The summed E-state index contributed by atoms with van der Waals surface area (Å²) in [6, 6.07) is 0. The molecular weight excluding hydrogens is 400 g/mol. The van der Waals surface area contributed by atoms with Gasteiger partial charge in [-0.05, 0) is 12.8 Å². The molecular formula is C28H58O4. The highest BCUT2D eigenvalue weighted by Crippen LogP contribution is 2.10. The van der Waals surface area contributed by atoms with Crippen molar-refractivity contribution in [2.75, 3.05) is 52.9 Å². The van der Waals surface area contributed by atoms with Crippen LogP contribution in [0.3, 0.4) is 0 Å². The van der Waals surface area contributed by atoms with Gasteiger partial charge in [-0.1, -0.05) is 117 Å². The molecule has 0 heterocycles. The Morgan fingerprint density at radius 2 is 0.469 bits per heavy atom. The SMILES string of the molecule is CCCCCCCCCCCCOCCOCCOCCOCCCCCCCCCC. The largest absolute Gasteiger partial charge is 0.379 e. The van der Waals surface area contributed by atoms with Crippen molar-refractivity contribution in [2.24, 2.45) is 0 Å². The van der Waals surface area contributed by atoms with Gasteiger partial charge in [0.15, 0.2) is 0 Å². The van der Waals surface area contributed by atoms with Gasteiger partial charge < -0.3 is 18.9 Å². The minimum atomic E-state index is 0.638. The number of unbranched alkanes of at least 4 members (excludes halogenated alkanes) is 16. The van der Waals surface area contributed by atoms with Crippen LogP contribution in [0.15, 0.2) is 0 Å². The molecule has 0 saturated carbocycles. The summed E-state index contributed by atoms with van der Waals surface area (Å²) in [5.74, 6) is 0. The van der Waals surface area contributed by atoms with Crippen LogP contribution in [0.2, 0.25) is 0 Å². The first-order valence-electron chi connectivity index (χ1n) is 14.2. The molecule has 0 spiro atoms. The van der Waals surface area contributed by atoms with E-state index in [2.05, 4.69) is 13.8 Å². The third kappa shape index (κ3) is 29.8. The Morgan fingerprint density at radius 1 is 0.250 bits per heavy atom. The van der Waals surface area contributed by atoms with Crippen molar-refractivity contribution in [1.82, 2.24) is 0 Å². The van der Waals surface area contributed by atoms with Crippen LogP contribution in [-0.4, -0.2) is 52.9 Å². The number of hydrogen-bond donors (Lipinski definition) is 0. The molecule has 0 bridgehead atoms. The van der Waals surface area contributed by atoms with Crippen molar-refractivity contribution in [3.05, 3.63) is 0 Å². The van der Waals surface area contributed by atoms with Gasteiger partial charge in [0.1, 0.15) is 0 Å². The Bertz CT molecular complexity index is 282. The predicted molar refractivity (Wildman–Crippen MR) is 138 cm³/mol. The summed E-state index contributed by atoms with van der Waals surface area (Å²) in [7, 11) is 0. The summed E-state index contributed by atoms with van der Waals surface area (Å²) in [5, 5.41) is 0. The molecule has 0 aliphatic rings. The van der Waals surface area contributed by atoms with Gasteiger partial charge in [-0.3, -0.25) is 0 Å². The second-order valence-electron chi connectivity index (χ2n) is 9.11. The molecule has 0 N–H and O–H groups in total. The van der Waals surface area contributed by atoms with E-state index in [4.69, 9.17) is 18.9 Å². The average molecular weight is 459 g/mol. The molecule has 0 fully saturated rings. The highest BCUT2D eigenvalue weighted by atomic mass is 16.6. The topological polar surface area (TPSA) is 36.9 Å². The monoisotopic (exact) mass is 458 g/mol. The summed E-state index contributed by atoms with van der Waals surface area (Å²) in [5.41, 5.74) is 0. The predicted octanol–water partition coefficient (Wildman–Crippen LogP) is 8.11. The summed E-state index contributed by atoms with van der Waals surface area (Å²) in [6.07, 6.45) is 24.4. The molecule has 32 heavy (non-hydrogen) atoms. The van der Waals surface area contributed by atoms with E-state index in [0.29, 0.717) is 39.6 Å². The zero-order chi connectivity index (χ0) is 23.2. The third-order valence-corrected chi connectivity index (χ3v) is 5.90. The second-order valence-corrected chi connectivity index (χ2v) is 9.11. The number of hydrogen-bond acceptors (Lipinski definition) is 4. The van der Waals surface area contributed by atoms with Crippen LogP contribution in [0, 0.1) is 0 Å². The summed E-state index contributed by atoms with van der Waals surface area (Å²) in [4.78, 5) is 0. The normalized spacial score (nSPS) is 11.4. The van der Waals surface area contributed by atoms with Crippen molar-refractivity contribution in [2.45, 2.75) is 129 Å². The van der Waals surface area contributed by atoms with Crippen LogP contribution in [0.5, 0.6) is 0 Å². The van der Waals surface area contributed by atoms with E-state index in [9.17, 15) is 0 Å². The fraction of sp³-hybridized carbons (Fsp3) is 1.00. The molecule has 0 atom stereocenters. The molecule has 0 amide bonds. The molecule has 0 radical (unpaired) electrons. The minimum Gasteiger partial charge on any atom is -0.379 e. The average Bonchev–Trinajstić information content (AvgIpc) is 2.81. The van der Waals surface area contributed by atoms with Gasteiger partial charge >= 0.3 is 0 Å². The zero-order valence-corrected chi connectivity index (χ0v) is 22.0. The second kappa shape index (κ2) is 30.8. The molecule has 0 aliphatic carbocycles. The lowest BCUT2D eigenvalue weighted by molar-refractivity contribution is -0.00248. The van der Waals surface area contributed by atoms with Gasteiger partial charge in [0.25, 0.3) is 0 Å². The Balaban J connectivity index is 2.98. The maximum absolute atomic E-state index is 5.64. The van der Waals surface area contributed by atoms with Crippen LogP contribution < -0.4 is 0 Å². The van der Waals surface area contributed by atoms with Crippen molar-refractivity contribution in [3.8, 4) is 0 Å². The van der Waals surface area contributed by atoms with Gasteiger partial charge in [-0.25, -0.2) is 0 Å². The molecule has 0 aromatic carbocycles. The fourth-order valence-electron chi connectivity index (χ4n) is 3.79. The highest BCUT2D eigenvalue weighted by molar-refractivity contribution is 4.48. The van der Waals surface area contributed by atoms with Crippen molar-refractivity contribution in [1.29, 1.82) is 0 Å². The van der Waals surface area contributed by atoms with Gasteiger partial charge in [0.2, 0.25) is 0 Å². The maximum atomic E-state index is 5.64. The Hall–Kier alpha value is -0.160. The van der Waals surface area contributed by atoms with E-state index in [1.807, 2.05) is 0 Å². The van der Waals surface area contributed by atoms with Crippen LogP contribution in [0.25, 0.3) is 0 Å². The lowest BCUT2D eigenvalue weighted by Gasteiger charge is -2.08. The summed E-state index contributed by atoms with van der Waals surface area (Å²) < 4.78 is 22.4. The number of rotatable bonds is 29. The lowest BCUT2D eigenvalue weighted by atomic mass is 10.1. The van der Waals surface area contributed by atoms with E-state index >= 15 is 0 Å². The molecule has 0 saturated heterocycles. The van der Waals surface area contributed by atoms with Crippen LogP contribution in [-0.2, 0) is 18.9 Å². The lowest BCUT2D eigenvalue weighted by Crippen LogP contribution is -2.12. The zero-order valence-electron chi connectivity index (χ0n) is 22.0. The van der Waals surface area contributed by atoms with Crippen molar-refractivity contribution >= 4 is 0 Å². The van der Waals surface area contributed by atoms with Crippen molar-refractivity contribution in [3.63, 3.8) is 0 Å². The number of ether oxygens (including phenoxy) is 4. The van der Waals surface area contributed by atoms with Crippen LogP contribution in [0.4, 0.5) is 0 Å². The highest BCUT2D eigenvalue weighted by Gasteiger charge is 1.96. The molecule has 0 aromatic rings. The Morgan fingerprint density at radius 3 is 0.750 bits per heavy atom. The Kier molecular flexibility index (Phi) is 30.7. The van der Waals surface area contributed by atoms with E-state index in [1.165, 1.54) is 116 Å². The fourth-order valence-corrected chi connectivity index (χ4v) is 3.79. The van der Waals surface area contributed by atoms with E-state index < -0.39 is 0 Å². The van der Waals surface area contributed by atoms with Crippen LogP contribution >= 0.6 is 0 Å². The summed E-state index contributed by atoms with van der Waals surface area (Å²) >= 11 is 0. The van der Waals surface area contributed by atoms with Gasteiger partial charge in [-0.15, -0.1) is 0 Å². The van der Waals surface area contributed by atoms with E-state index in [0.717, 1.165) is 13.2 Å². The molecule has 0 rings (SSSR count). The molecule has 0 unspecified atom stereocenters. The standard InChI is InChI=1S/C28H58O4/c1-3-5-7-9-11-13-14-16-18-20-22-30-24-26-32-28-27-31-25-23-29-21-19-17-15-12-10-8-6-4-2/h3-28H2,1-2H3. The van der Waals surface area contributed by atoms with E-state index in [1.54, 1.807) is 0 Å². The smallest absolute Gasteiger partial charge is 0.0701 e. The molecule has 0 aliphatic heterocycles. The Labute approximate surface area is 201 Å². The van der Waals surface area contributed by atoms with E-state index in [-0.39, 0.29) is 0 Å². The first kappa shape index (κ1) is 31.8. The summed E-state index contributed by atoms with van der Waals surface area (Å²) in [6.45, 7) is 10.3.